The van der Waals surface area contributed by atoms with Gasteiger partial charge in [0.25, 0.3) is 5.91 Å². The van der Waals surface area contributed by atoms with Crippen LogP contribution < -0.4 is 15.4 Å². The number of rotatable bonds is 7. The Kier molecular flexibility index (Phi) is 6.97. The molecule has 0 spiro atoms. The molecule has 0 atom stereocenters. The molecule has 0 bridgehead atoms. The van der Waals surface area contributed by atoms with Crippen molar-refractivity contribution in [2.45, 2.75) is 6.92 Å². The fourth-order valence-electron chi connectivity index (χ4n) is 2.18. The van der Waals surface area contributed by atoms with E-state index in [0.717, 1.165) is 0 Å². The summed E-state index contributed by atoms with van der Waals surface area (Å²) in [5.41, 5.74) is 1.21. The van der Waals surface area contributed by atoms with Gasteiger partial charge in [-0.2, -0.15) is 5.26 Å². The third-order valence-corrected chi connectivity index (χ3v) is 3.51. The molecule has 27 heavy (non-hydrogen) atoms. The number of methoxy groups -OCH3 is 1. The van der Waals surface area contributed by atoms with Crippen LogP contribution in [0.25, 0.3) is 0 Å². The number of carbonyl (C=O) groups excluding carboxylic acids is 2. The van der Waals surface area contributed by atoms with E-state index in [2.05, 4.69) is 10.6 Å². The number of nitriles is 1. The second kappa shape index (κ2) is 9.63. The van der Waals surface area contributed by atoms with Crippen molar-refractivity contribution in [3.8, 4) is 11.8 Å². The fraction of sp³-hybridized carbons (Fsp3) is 0.150. The lowest BCUT2D eigenvalue weighted by Gasteiger charge is -2.11. The lowest BCUT2D eigenvalue weighted by Crippen LogP contribution is -2.14. The third kappa shape index (κ3) is 5.34. The smallest absolute Gasteiger partial charge is 0.350 e. The summed E-state index contributed by atoms with van der Waals surface area (Å²) in [7, 11) is 1.56. The predicted molar refractivity (Wildman–Crippen MR) is 101 cm³/mol. The van der Waals surface area contributed by atoms with Gasteiger partial charge in [-0.1, -0.05) is 12.1 Å². The minimum atomic E-state index is -0.729. The van der Waals surface area contributed by atoms with Gasteiger partial charge in [-0.3, -0.25) is 4.79 Å². The van der Waals surface area contributed by atoms with Crippen LogP contribution in [0.15, 0.2) is 60.3 Å². The maximum Gasteiger partial charge on any atom is 0.350 e. The number of carbonyl (C=O) groups is 2. The van der Waals surface area contributed by atoms with E-state index in [4.69, 9.17) is 14.7 Å². The summed E-state index contributed by atoms with van der Waals surface area (Å²) in [5.74, 6) is -0.387. The number of para-hydroxylation sites is 1. The van der Waals surface area contributed by atoms with E-state index in [1.807, 2.05) is 0 Å². The Bertz CT molecular complexity index is 883. The van der Waals surface area contributed by atoms with E-state index in [1.165, 1.54) is 6.20 Å². The molecule has 7 heteroatoms. The van der Waals surface area contributed by atoms with Gasteiger partial charge in [-0.15, -0.1) is 0 Å². The number of hydrogen-bond acceptors (Lipinski definition) is 6. The molecule has 2 rings (SSSR count). The highest BCUT2D eigenvalue weighted by Gasteiger charge is 2.13. The largest absolute Gasteiger partial charge is 0.497 e. The van der Waals surface area contributed by atoms with Gasteiger partial charge in [-0.05, 0) is 43.3 Å². The lowest BCUT2D eigenvalue weighted by atomic mass is 10.1. The van der Waals surface area contributed by atoms with Crippen LogP contribution in [0.1, 0.15) is 17.3 Å². The van der Waals surface area contributed by atoms with Gasteiger partial charge in [0, 0.05) is 11.9 Å². The van der Waals surface area contributed by atoms with E-state index in [9.17, 15) is 9.59 Å². The van der Waals surface area contributed by atoms with Crippen molar-refractivity contribution in [3.63, 3.8) is 0 Å². The molecule has 138 valence electrons. The van der Waals surface area contributed by atoms with Gasteiger partial charge in [0.05, 0.1) is 25.0 Å². The minimum absolute atomic E-state index is 0.165. The molecule has 0 aliphatic carbocycles. The molecule has 7 nitrogen and oxygen atoms in total. The van der Waals surface area contributed by atoms with E-state index < -0.39 is 5.97 Å². The standard InChI is InChI=1S/C20H19N3O4/c1-3-27-20(25)14(12-21)13-22-18-7-5-4-6-17(18)19(24)23-15-8-10-16(26-2)11-9-15/h4-11,13,22H,3H2,1-2H3,(H,23,24)/b14-13+. The van der Waals surface area contributed by atoms with Crippen molar-refractivity contribution in [1.29, 1.82) is 5.26 Å². The van der Waals surface area contributed by atoms with E-state index in [0.29, 0.717) is 22.7 Å². The molecule has 0 aliphatic rings. The summed E-state index contributed by atoms with van der Waals surface area (Å²) >= 11 is 0. The monoisotopic (exact) mass is 365 g/mol. The van der Waals surface area contributed by atoms with Gasteiger partial charge in [0.1, 0.15) is 11.8 Å². The first-order chi connectivity index (χ1) is 13.1. The molecule has 0 aliphatic heterocycles. The molecule has 0 aromatic heterocycles. The van der Waals surface area contributed by atoms with Crippen molar-refractivity contribution < 1.29 is 19.1 Å². The molecule has 0 saturated carbocycles. The second-order valence-electron chi connectivity index (χ2n) is 5.26. The van der Waals surface area contributed by atoms with Crippen LogP contribution in [0.2, 0.25) is 0 Å². The Labute approximate surface area is 157 Å². The summed E-state index contributed by atoms with van der Waals surface area (Å²) in [6.07, 6.45) is 1.22. The molecule has 0 fully saturated rings. The van der Waals surface area contributed by atoms with Crippen LogP contribution >= 0.6 is 0 Å². The quantitative estimate of drug-likeness (QED) is 0.443. The Hall–Kier alpha value is -3.79. The number of esters is 1. The number of ether oxygens (including phenoxy) is 2. The van der Waals surface area contributed by atoms with Crippen LogP contribution in [0, 0.1) is 11.3 Å². The summed E-state index contributed by atoms with van der Waals surface area (Å²) in [4.78, 5) is 24.2. The SMILES string of the molecule is CCOC(=O)/C(C#N)=C/Nc1ccccc1C(=O)Nc1ccc(OC)cc1. The van der Waals surface area contributed by atoms with Gasteiger partial charge >= 0.3 is 5.97 Å². The third-order valence-electron chi connectivity index (χ3n) is 3.51. The van der Waals surface area contributed by atoms with Crippen molar-refractivity contribution >= 4 is 23.3 Å². The topological polar surface area (TPSA) is 100 Å². The van der Waals surface area contributed by atoms with Crippen LogP contribution in [0.4, 0.5) is 11.4 Å². The van der Waals surface area contributed by atoms with Gasteiger partial charge < -0.3 is 20.1 Å². The molecular formula is C20H19N3O4. The lowest BCUT2D eigenvalue weighted by molar-refractivity contribution is -0.138. The average Bonchev–Trinajstić information content (AvgIpc) is 2.69. The molecular weight excluding hydrogens is 346 g/mol. The van der Waals surface area contributed by atoms with Crippen molar-refractivity contribution in [2.75, 3.05) is 24.4 Å². The minimum Gasteiger partial charge on any atom is -0.497 e. The summed E-state index contributed by atoms with van der Waals surface area (Å²) in [6, 6.07) is 15.4. The maximum absolute atomic E-state index is 12.6. The van der Waals surface area contributed by atoms with Crippen LogP contribution in [-0.4, -0.2) is 25.6 Å². The molecule has 2 N–H and O–H groups in total. The molecule has 0 heterocycles. The molecule has 0 unspecified atom stereocenters. The highest BCUT2D eigenvalue weighted by atomic mass is 16.5. The maximum atomic E-state index is 12.6. The number of benzene rings is 2. The Balaban J connectivity index is 2.17. The van der Waals surface area contributed by atoms with E-state index >= 15 is 0 Å². The highest BCUT2D eigenvalue weighted by Crippen LogP contribution is 2.19. The van der Waals surface area contributed by atoms with Crippen molar-refractivity contribution in [1.82, 2.24) is 0 Å². The predicted octanol–water partition coefficient (Wildman–Crippen LogP) is 3.33. The number of anilines is 2. The van der Waals surface area contributed by atoms with E-state index in [1.54, 1.807) is 68.6 Å². The summed E-state index contributed by atoms with van der Waals surface area (Å²) < 4.78 is 9.89. The Morgan fingerprint density at radius 3 is 2.48 bits per heavy atom. The van der Waals surface area contributed by atoms with E-state index in [-0.39, 0.29) is 18.1 Å². The second-order valence-corrected chi connectivity index (χ2v) is 5.26. The number of hydrogen-bond donors (Lipinski definition) is 2. The van der Waals surface area contributed by atoms with Gasteiger partial charge in [0.2, 0.25) is 0 Å². The van der Waals surface area contributed by atoms with Crippen LogP contribution in [0.5, 0.6) is 5.75 Å². The van der Waals surface area contributed by atoms with Crippen molar-refractivity contribution in [2.24, 2.45) is 0 Å². The summed E-state index contributed by atoms with van der Waals surface area (Å²) in [5, 5.41) is 14.7. The molecule has 0 saturated heterocycles. The number of nitrogens with zero attached hydrogens (tertiary/aromatic N) is 1. The zero-order valence-electron chi connectivity index (χ0n) is 15.0. The molecule has 2 aromatic rings. The van der Waals surface area contributed by atoms with Gasteiger partial charge in [-0.25, -0.2) is 4.79 Å². The van der Waals surface area contributed by atoms with Gasteiger partial charge in [0.15, 0.2) is 5.57 Å². The number of amides is 1. The first-order valence-corrected chi connectivity index (χ1v) is 8.17. The molecule has 1 amide bonds. The zero-order valence-corrected chi connectivity index (χ0v) is 15.0. The normalized spacial score (nSPS) is 10.5. The fourth-order valence-corrected chi connectivity index (χ4v) is 2.18. The Morgan fingerprint density at radius 2 is 1.85 bits per heavy atom. The zero-order chi connectivity index (χ0) is 19.6. The van der Waals surface area contributed by atoms with Crippen LogP contribution in [-0.2, 0) is 9.53 Å². The van der Waals surface area contributed by atoms with Crippen molar-refractivity contribution in [3.05, 3.63) is 65.9 Å². The van der Waals surface area contributed by atoms with Crippen LogP contribution in [0.3, 0.4) is 0 Å². The average molecular weight is 365 g/mol. The Morgan fingerprint density at radius 1 is 1.15 bits per heavy atom. The summed E-state index contributed by atoms with van der Waals surface area (Å²) in [6.45, 7) is 1.82. The highest BCUT2D eigenvalue weighted by molar-refractivity contribution is 6.08. The first kappa shape index (κ1) is 19.5. The molecule has 0 radical (unpaired) electrons. The molecule has 2 aromatic carbocycles. The number of nitrogens with one attached hydrogen (secondary N) is 2. The first-order valence-electron chi connectivity index (χ1n) is 8.17.